The minimum absolute atomic E-state index is 0.0601. The van der Waals surface area contributed by atoms with Crippen molar-refractivity contribution in [2.45, 2.75) is 71.4 Å². The topological polar surface area (TPSA) is 21.3 Å². The summed E-state index contributed by atoms with van der Waals surface area (Å²) < 4.78 is 6.55. The van der Waals surface area contributed by atoms with E-state index in [1.807, 2.05) is 0 Å². The van der Waals surface area contributed by atoms with E-state index in [0.717, 1.165) is 18.7 Å². The summed E-state index contributed by atoms with van der Waals surface area (Å²) in [5.41, 5.74) is 3.22. The van der Waals surface area contributed by atoms with Crippen molar-refractivity contribution < 1.29 is 4.74 Å². The van der Waals surface area contributed by atoms with Gasteiger partial charge in [-0.05, 0) is 50.6 Å². The molecule has 21 heavy (non-hydrogen) atoms. The molecule has 2 aliphatic rings. The summed E-state index contributed by atoms with van der Waals surface area (Å²) in [6.45, 7) is 10.2. The van der Waals surface area contributed by atoms with E-state index in [2.05, 4.69) is 51.2 Å². The second-order valence-electron chi connectivity index (χ2n) is 7.80. The van der Waals surface area contributed by atoms with Gasteiger partial charge in [-0.25, -0.2) is 0 Å². The van der Waals surface area contributed by atoms with Gasteiger partial charge in [0.2, 0.25) is 0 Å². The first-order chi connectivity index (χ1) is 9.93. The van der Waals surface area contributed by atoms with Crippen LogP contribution in [0.5, 0.6) is 5.75 Å². The van der Waals surface area contributed by atoms with Crippen LogP contribution in [0.25, 0.3) is 0 Å². The van der Waals surface area contributed by atoms with Crippen molar-refractivity contribution in [1.82, 2.24) is 5.32 Å². The van der Waals surface area contributed by atoms with Crippen LogP contribution in [-0.2, 0) is 0 Å². The molecule has 1 saturated carbocycles. The van der Waals surface area contributed by atoms with Crippen LogP contribution >= 0.6 is 0 Å². The molecule has 1 N–H and O–H groups in total. The summed E-state index contributed by atoms with van der Waals surface area (Å²) >= 11 is 0. The van der Waals surface area contributed by atoms with E-state index in [0.29, 0.717) is 11.5 Å². The van der Waals surface area contributed by atoms with Gasteiger partial charge >= 0.3 is 0 Å². The number of aryl methyl sites for hydroxylation is 1. The zero-order chi connectivity index (χ0) is 15.1. The average molecular weight is 287 g/mol. The normalized spacial score (nSPS) is 26.2. The van der Waals surface area contributed by atoms with E-state index in [9.17, 15) is 0 Å². The summed E-state index contributed by atoms with van der Waals surface area (Å²) in [7, 11) is 0. The molecule has 1 aromatic carbocycles. The van der Waals surface area contributed by atoms with Gasteiger partial charge in [0.15, 0.2) is 0 Å². The van der Waals surface area contributed by atoms with Gasteiger partial charge in [0.25, 0.3) is 0 Å². The number of nitrogens with one attached hydrogen (secondary N) is 1. The summed E-state index contributed by atoms with van der Waals surface area (Å²) in [5.74, 6) is 1.11. The number of hydrogen-bond acceptors (Lipinski definition) is 2. The maximum absolute atomic E-state index is 6.55. The molecule has 0 aromatic heterocycles. The van der Waals surface area contributed by atoms with Crippen molar-refractivity contribution >= 4 is 0 Å². The van der Waals surface area contributed by atoms with Gasteiger partial charge in [-0.2, -0.15) is 0 Å². The lowest BCUT2D eigenvalue weighted by Crippen LogP contribution is -2.47. The van der Waals surface area contributed by atoms with Crippen molar-refractivity contribution in [3.05, 3.63) is 29.3 Å². The molecule has 2 heteroatoms. The number of rotatable bonds is 2. The Bertz CT molecular complexity index is 510. The van der Waals surface area contributed by atoms with Gasteiger partial charge in [-0.15, -0.1) is 0 Å². The fourth-order valence-corrected chi connectivity index (χ4v) is 3.91. The third-order valence-electron chi connectivity index (χ3n) is 5.41. The quantitative estimate of drug-likeness (QED) is 0.846. The third kappa shape index (κ3) is 2.96. The number of ether oxygens (including phenoxy) is 1. The molecule has 1 atom stereocenters. The van der Waals surface area contributed by atoms with Gasteiger partial charge in [0.1, 0.15) is 11.4 Å². The Hall–Kier alpha value is -1.02. The van der Waals surface area contributed by atoms with Gasteiger partial charge in [0, 0.05) is 18.0 Å². The Morgan fingerprint density at radius 1 is 1.19 bits per heavy atom. The zero-order valence-corrected chi connectivity index (χ0v) is 14.0. The number of hydrogen-bond donors (Lipinski definition) is 1. The lowest BCUT2D eigenvalue weighted by atomic mass is 9.68. The summed E-state index contributed by atoms with van der Waals surface area (Å²) in [4.78, 5) is 0. The first-order valence-corrected chi connectivity index (χ1v) is 8.46. The Balaban J connectivity index is 1.89. The first kappa shape index (κ1) is 14.9. The molecular weight excluding hydrogens is 258 g/mol. The average Bonchev–Trinajstić information content (AvgIpc) is 2.44. The lowest BCUT2D eigenvalue weighted by Gasteiger charge is -2.48. The number of benzene rings is 1. The van der Waals surface area contributed by atoms with E-state index in [1.54, 1.807) is 0 Å². The second kappa shape index (κ2) is 5.31. The van der Waals surface area contributed by atoms with Crippen LogP contribution in [0.1, 0.15) is 70.0 Å². The summed E-state index contributed by atoms with van der Waals surface area (Å²) in [6, 6.07) is 7.09. The van der Waals surface area contributed by atoms with Crippen molar-refractivity contribution in [2.75, 3.05) is 6.54 Å². The fourth-order valence-electron chi connectivity index (χ4n) is 3.91. The van der Waals surface area contributed by atoms with Crippen molar-refractivity contribution in [1.29, 1.82) is 0 Å². The third-order valence-corrected chi connectivity index (χ3v) is 5.41. The van der Waals surface area contributed by atoms with Crippen LogP contribution in [-0.4, -0.2) is 12.1 Å². The minimum Gasteiger partial charge on any atom is -0.487 e. The molecule has 1 aromatic rings. The molecule has 1 aliphatic carbocycles. The van der Waals surface area contributed by atoms with Gasteiger partial charge in [0.05, 0.1) is 0 Å². The molecule has 0 saturated heterocycles. The van der Waals surface area contributed by atoms with E-state index >= 15 is 0 Å². The smallest absolute Gasteiger partial charge is 0.124 e. The molecule has 0 radical (unpaired) electrons. The van der Waals surface area contributed by atoms with Crippen LogP contribution in [0, 0.1) is 12.3 Å². The monoisotopic (exact) mass is 287 g/mol. The molecule has 1 heterocycles. The molecule has 0 amide bonds. The highest BCUT2D eigenvalue weighted by molar-refractivity contribution is 5.41. The van der Waals surface area contributed by atoms with E-state index in [-0.39, 0.29) is 5.60 Å². The predicted octanol–water partition coefficient (Wildman–Crippen LogP) is 4.77. The van der Waals surface area contributed by atoms with Crippen molar-refractivity contribution in [3.8, 4) is 5.75 Å². The van der Waals surface area contributed by atoms with Crippen molar-refractivity contribution in [2.24, 2.45) is 5.41 Å². The molecule has 1 aliphatic heterocycles. The Kier molecular flexibility index (Phi) is 3.77. The van der Waals surface area contributed by atoms with Crippen LogP contribution in [0.3, 0.4) is 0 Å². The Morgan fingerprint density at radius 3 is 2.57 bits per heavy atom. The summed E-state index contributed by atoms with van der Waals surface area (Å²) in [5, 5.41) is 3.68. The minimum atomic E-state index is 0.0601. The Labute approximate surface area is 129 Å². The molecule has 1 spiro atoms. The second-order valence-corrected chi connectivity index (χ2v) is 7.80. The molecule has 0 bridgehead atoms. The molecule has 3 rings (SSSR count). The van der Waals surface area contributed by atoms with E-state index in [4.69, 9.17) is 4.74 Å². The lowest BCUT2D eigenvalue weighted by molar-refractivity contribution is -0.0294. The maximum Gasteiger partial charge on any atom is 0.124 e. The standard InChI is InChI=1S/C19H29NO/c1-5-20-16-13-19(10-8-18(3,4)9-11-19)21-17-7-6-14(2)12-15(16)17/h6-7,12,16,20H,5,8-11,13H2,1-4H3. The molecule has 1 unspecified atom stereocenters. The Morgan fingerprint density at radius 2 is 1.90 bits per heavy atom. The van der Waals surface area contributed by atoms with Gasteiger partial charge in [-0.3, -0.25) is 0 Å². The maximum atomic E-state index is 6.55. The summed E-state index contributed by atoms with van der Waals surface area (Å²) in [6.07, 6.45) is 6.04. The zero-order valence-electron chi connectivity index (χ0n) is 14.0. The van der Waals surface area contributed by atoms with Crippen LogP contribution in [0.2, 0.25) is 0 Å². The molecule has 116 valence electrons. The van der Waals surface area contributed by atoms with Crippen LogP contribution in [0.15, 0.2) is 18.2 Å². The highest BCUT2D eigenvalue weighted by Crippen LogP contribution is 2.50. The largest absolute Gasteiger partial charge is 0.487 e. The van der Waals surface area contributed by atoms with Crippen molar-refractivity contribution in [3.63, 3.8) is 0 Å². The first-order valence-electron chi connectivity index (χ1n) is 8.46. The van der Waals surface area contributed by atoms with Crippen LogP contribution in [0.4, 0.5) is 0 Å². The SMILES string of the molecule is CCNC1CC2(CCC(C)(C)CC2)Oc2ccc(C)cc21. The highest BCUT2D eigenvalue weighted by Gasteiger charge is 2.45. The van der Waals surface area contributed by atoms with E-state index < -0.39 is 0 Å². The molecule has 2 nitrogen and oxygen atoms in total. The van der Waals surface area contributed by atoms with Crippen LogP contribution < -0.4 is 10.1 Å². The fraction of sp³-hybridized carbons (Fsp3) is 0.684. The predicted molar refractivity (Wildman–Crippen MR) is 87.8 cm³/mol. The van der Waals surface area contributed by atoms with Gasteiger partial charge in [-0.1, -0.05) is 38.5 Å². The van der Waals surface area contributed by atoms with E-state index in [1.165, 1.54) is 36.8 Å². The number of fused-ring (bicyclic) bond motifs is 1. The molecular formula is C19H29NO. The highest BCUT2D eigenvalue weighted by atomic mass is 16.5. The van der Waals surface area contributed by atoms with Gasteiger partial charge < -0.3 is 10.1 Å². The molecule has 1 fully saturated rings.